The lowest BCUT2D eigenvalue weighted by Gasteiger charge is -2.28. The zero-order valence-electron chi connectivity index (χ0n) is 12.8. The lowest BCUT2D eigenvalue weighted by molar-refractivity contribution is 0.0378. The highest BCUT2D eigenvalue weighted by Crippen LogP contribution is 2.33. The minimum Gasteiger partial charge on any atom is -0.490 e. The van der Waals surface area contributed by atoms with Crippen molar-refractivity contribution in [2.75, 3.05) is 46.1 Å². The fourth-order valence-corrected chi connectivity index (χ4v) is 2.71. The van der Waals surface area contributed by atoms with Crippen molar-refractivity contribution in [3.63, 3.8) is 0 Å². The normalized spacial score (nSPS) is 17.5. The van der Waals surface area contributed by atoms with Gasteiger partial charge in [-0.15, -0.1) is 11.6 Å². The number of benzene rings is 1. The lowest BCUT2D eigenvalue weighted by Crippen LogP contribution is -2.38. The second kappa shape index (κ2) is 8.47. The first-order chi connectivity index (χ1) is 10.2. The Kier molecular flexibility index (Phi) is 6.61. The van der Waals surface area contributed by atoms with Gasteiger partial charge in [0.25, 0.3) is 0 Å². The Hall–Kier alpha value is -0.970. The van der Waals surface area contributed by atoms with E-state index in [1.807, 2.05) is 32.0 Å². The van der Waals surface area contributed by atoms with Crippen molar-refractivity contribution in [3.05, 3.63) is 23.8 Å². The Balaban J connectivity index is 2.05. The molecule has 0 spiro atoms. The van der Waals surface area contributed by atoms with E-state index in [1.165, 1.54) is 0 Å². The van der Waals surface area contributed by atoms with E-state index >= 15 is 0 Å². The molecule has 0 amide bonds. The summed E-state index contributed by atoms with van der Waals surface area (Å²) in [7, 11) is 0. The van der Waals surface area contributed by atoms with E-state index in [0.717, 1.165) is 49.9 Å². The van der Waals surface area contributed by atoms with Gasteiger partial charge in [0.05, 0.1) is 31.8 Å². The highest BCUT2D eigenvalue weighted by molar-refractivity contribution is 6.21. The first kappa shape index (κ1) is 16.4. The number of hydrogen-bond acceptors (Lipinski definition) is 4. The molecule has 0 saturated carbocycles. The number of alkyl halides is 1. The van der Waals surface area contributed by atoms with Crippen molar-refractivity contribution in [3.8, 4) is 11.5 Å². The second-order valence-corrected chi connectivity index (χ2v) is 5.48. The Morgan fingerprint density at radius 3 is 2.48 bits per heavy atom. The number of rotatable bonds is 7. The van der Waals surface area contributed by atoms with Crippen LogP contribution >= 0.6 is 11.6 Å². The highest BCUT2D eigenvalue weighted by Gasteiger charge is 2.18. The second-order valence-electron chi connectivity index (χ2n) is 4.95. The average Bonchev–Trinajstić information content (AvgIpc) is 2.50. The van der Waals surface area contributed by atoms with Crippen LogP contribution in [0, 0.1) is 0 Å². The Morgan fingerprint density at radius 1 is 1.14 bits per heavy atom. The first-order valence-corrected chi connectivity index (χ1v) is 8.02. The minimum atomic E-state index is -0.0574. The zero-order valence-corrected chi connectivity index (χ0v) is 13.6. The van der Waals surface area contributed by atoms with Crippen LogP contribution in [0.5, 0.6) is 11.5 Å². The van der Waals surface area contributed by atoms with Gasteiger partial charge < -0.3 is 14.2 Å². The average molecular weight is 314 g/mol. The standard InChI is InChI=1S/C16H24ClNO3/c1-3-20-15-6-5-13(11-16(15)21-4-2)14(17)12-18-7-9-19-10-8-18/h5-6,11,14H,3-4,7-10,12H2,1-2H3. The van der Waals surface area contributed by atoms with Crippen LogP contribution in [0.15, 0.2) is 18.2 Å². The molecule has 1 aromatic rings. The SMILES string of the molecule is CCOc1ccc(C(Cl)CN2CCOCC2)cc1OCC. The number of morpholine rings is 1. The summed E-state index contributed by atoms with van der Waals surface area (Å²) in [6.07, 6.45) is 0. The molecule has 1 aliphatic heterocycles. The van der Waals surface area contributed by atoms with Gasteiger partial charge >= 0.3 is 0 Å². The van der Waals surface area contributed by atoms with Crippen molar-refractivity contribution in [1.82, 2.24) is 4.90 Å². The Labute approximate surface area is 131 Å². The predicted octanol–water partition coefficient (Wildman–Crippen LogP) is 3.10. The Bertz CT molecular complexity index is 436. The molecule has 1 aromatic carbocycles. The van der Waals surface area contributed by atoms with E-state index in [1.54, 1.807) is 0 Å². The molecule has 0 aromatic heterocycles. The van der Waals surface area contributed by atoms with Crippen molar-refractivity contribution in [2.24, 2.45) is 0 Å². The molecule has 1 saturated heterocycles. The fourth-order valence-electron chi connectivity index (χ4n) is 2.38. The number of halogens is 1. The third-order valence-electron chi connectivity index (χ3n) is 3.45. The van der Waals surface area contributed by atoms with E-state index in [-0.39, 0.29) is 5.38 Å². The molecule has 1 atom stereocenters. The molecule has 5 heteroatoms. The molecule has 118 valence electrons. The molecule has 1 heterocycles. The van der Waals surface area contributed by atoms with Crippen LogP contribution in [-0.2, 0) is 4.74 Å². The summed E-state index contributed by atoms with van der Waals surface area (Å²) >= 11 is 6.56. The van der Waals surface area contributed by atoms with E-state index in [2.05, 4.69) is 4.90 Å². The topological polar surface area (TPSA) is 30.9 Å². The van der Waals surface area contributed by atoms with E-state index < -0.39 is 0 Å². The van der Waals surface area contributed by atoms with Gasteiger partial charge in [-0.25, -0.2) is 0 Å². The lowest BCUT2D eigenvalue weighted by atomic mass is 10.1. The molecule has 1 aliphatic rings. The molecule has 21 heavy (non-hydrogen) atoms. The van der Waals surface area contributed by atoms with Crippen molar-refractivity contribution < 1.29 is 14.2 Å². The third-order valence-corrected chi connectivity index (χ3v) is 3.84. The molecule has 2 rings (SSSR count). The van der Waals surface area contributed by atoms with Gasteiger partial charge in [0, 0.05) is 19.6 Å². The van der Waals surface area contributed by atoms with Crippen LogP contribution in [0.25, 0.3) is 0 Å². The molecular formula is C16H24ClNO3. The molecule has 0 aliphatic carbocycles. The minimum absolute atomic E-state index is 0.0574. The maximum absolute atomic E-state index is 6.56. The Morgan fingerprint density at radius 2 is 1.81 bits per heavy atom. The highest BCUT2D eigenvalue weighted by atomic mass is 35.5. The van der Waals surface area contributed by atoms with Crippen LogP contribution in [-0.4, -0.2) is 51.0 Å². The molecular weight excluding hydrogens is 290 g/mol. The van der Waals surface area contributed by atoms with Crippen LogP contribution in [0.2, 0.25) is 0 Å². The van der Waals surface area contributed by atoms with Crippen LogP contribution in [0.3, 0.4) is 0 Å². The van der Waals surface area contributed by atoms with Gasteiger partial charge in [0.1, 0.15) is 0 Å². The molecule has 0 radical (unpaired) electrons. The summed E-state index contributed by atoms with van der Waals surface area (Å²) in [5.41, 5.74) is 1.06. The number of nitrogens with zero attached hydrogens (tertiary/aromatic N) is 1. The smallest absolute Gasteiger partial charge is 0.161 e. The van der Waals surface area contributed by atoms with Gasteiger partial charge in [-0.2, -0.15) is 0 Å². The van der Waals surface area contributed by atoms with Crippen LogP contribution < -0.4 is 9.47 Å². The molecule has 0 N–H and O–H groups in total. The third kappa shape index (κ3) is 4.77. The first-order valence-electron chi connectivity index (χ1n) is 7.58. The number of hydrogen-bond donors (Lipinski definition) is 0. The monoisotopic (exact) mass is 313 g/mol. The molecule has 1 unspecified atom stereocenters. The molecule has 4 nitrogen and oxygen atoms in total. The fraction of sp³-hybridized carbons (Fsp3) is 0.625. The van der Waals surface area contributed by atoms with Gasteiger partial charge in [0.15, 0.2) is 11.5 Å². The predicted molar refractivity (Wildman–Crippen MR) is 84.6 cm³/mol. The summed E-state index contributed by atoms with van der Waals surface area (Å²) in [4.78, 5) is 2.33. The molecule has 1 fully saturated rings. The summed E-state index contributed by atoms with van der Waals surface area (Å²) in [5.74, 6) is 1.54. The van der Waals surface area contributed by atoms with Crippen LogP contribution in [0.4, 0.5) is 0 Å². The summed E-state index contributed by atoms with van der Waals surface area (Å²) in [6, 6.07) is 5.96. The van der Waals surface area contributed by atoms with Crippen LogP contribution in [0.1, 0.15) is 24.8 Å². The summed E-state index contributed by atoms with van der Waals surface area (Å²) in [5, 5.41) is -0.0574. The van der Waals surface area contributed by atoms with Crippen molar-refractivity contribution in [1.29, 1.82) is 0 Å². The van der Waals surface area contributed by atoms with Crippen molar-refractivity contribution >= 4 is 11.6 Å². The maximum atomic E-state index is 6.56. The zero-order chi connectivity index (χ0) is 15.1. The summed E-state index contributed by atoms with van der Waals surface area (Å²) in [6.45, 7) is 9.45. The van der Waals surface area contributed by atoms with Gasteiger partial charge in [-0.05, 0) is 31.5 Å². The quantitative estimate of drug-likeness (QED) is 0.724. The van der Waals surface area contributed by atoms with Gasteiger partial charge in [-0.1, -0.05) is 6.07 Å². The number of ether oxygens (including phenoxy) is 3. The van der Waals surface area contributed by atoms with Gasteiger partial charge in [0.2, 0.25) is 0 Å². The summed E-state index contributed by atoms with van der Waals surface area (Å²) < 4.78 is 16.6. The maximum Gasteiger partial charge on any atom is 0.161 e. The van der Waals surface area contributed by atoms with E-state index in [9.17, 15) is 0 Å². The van der Waals surface area contributed by atoms with Crippen molar-refractivity contribution in [2.45, 2.75) is 19.2 Å². The molecule has 0 bridgehead atoms. The largest absolute Gasteiger partial charge is 0.490 e. The van der Waals surface area contributed by atoms with Gasteiger partial charge in [-0.3, -0.25) is 4.90 Å². The van der Waals surface area contributed by atoms with E-state index in [4.69, 9.17) is 25.8 Å². The van der Waals surface area contributed by atoms with E-state index in [0.29, 0.717) is 13.2 Å².